The van der Waals surface area contributed by atoms with E-state index < -0.39 is 0 Å². The van der Waals surface area contributed by atoms with Crippen molar-refractivity contribution in [2.75, 3.05) is 18.5 Å². The number of hydrogen-bond acceptors (Lipinski definition) is 2. The third-order valence-electron chi connectivity index (χ3n) is 2.96. The highest BCUT2D eigenvalue weighted by Gasteiger charge is 1.96. The standard InChI is InChI=1S/C15H25BrO2/c16-11-5-1-2-6-12-17-13-7-3-4-9-15-10-8-14-18-15/h8,10,14H,1-7,9,11-13H2. The minimum absolute atomic E-state index is 0.913. The molecule has 1 aromatic rings. The molecular weight excluding hydrogens is 292 g/mol. The van der Waals surface area contributed by atoms with Crippen molar-refractivity contribution < 1.29 is 9.15 Å². The molecule has 0 spiro atoms. The van der Waals surface area contributed by atoms with Crippen molar-refractivity contribution in [3.63, 3.8) is 0 Å². The molecule has 3 heteroatoms. The highest BCUT2D eigenvalue weighted by molar-refractivity contribution is 9.09. The Balaban J connectivity index is 1.73. The lowest BCUT2D eigenvalue weighted by Gasteiger charge is -2.04. The Kier molecular flexibility index (Phi) is 10.3. The molecule has 1 rings (SSSR count). The monoisotopic (exact) mass is 316 g/mol. The fourth-order valence-electron chi connectivity index (χ4n) is 1.89. The van der Waals surface area contributed by atoms with Crippen molar-refractivity contribution in [1.82, 2.24) is 0 Å². The van der Waals surface area contributed by atoms with Gasteiger partial charge in [0.05, 0.1) is 6.26 Å². The maximum absolute atomic E-state index is 5.62. The Morgan fingerprint density at radius 3 is 2.33 bits per heavy atom. The Morgan fingerprint density at radius 2 is 1.67 bits per heavy atom. The smallest absolute Gasteiger partial charge is 0.103 e. The Hall–Kier alpha value is -0.280. The number of ether oxygens (including phenoxy) is 1. The highest BCUT2D eigenvalue weighted by atomic mass is 79.9. The maximum Gasteiger partial charge on any atom is 0.103 e. The molecule has 0 bridgehead atoms. The van der Waals surface area contributed by atoms with Gasteiger partial charge in [-0.05, 0) is 37.8 Å². The second kappa shape index (κ2) is 11.8. The van der Waals surface area contributed by atoms with Gasteiger partial charge in [-0.2, -0.15) is 0 Å². The van der Waals surface area contributed by atoms with Crippen molar-refractivity contribution >= 4 is 15.9 Å². The first kappa shape index (κ1) is 15.8. The number of alkyl halides is 1. The van der Waals surface area contributed by atoms with E-state index in [4.69, 9.17) is 9.15 Å². The van der Waals surface area contributed by atoms with Crippen LogP contribution in [-0.4, -0.2) is 18.5 Å². The molecule has 104 valence electrons. The van der Waals surface area contributed by atoms with Crippen LogP contribution in [0.4, 0.5) is 0 Å². The minimum atomic E-state index is 0.913. The summed E-state index contributed by atoms with van der Waals surface area (Å²) >= 11 is 3.44. The average Bonchev–Trinajstić information content (AvgIpc) is 2.89. The van der Waals surface area contributed by atoms with Crippen LogP contribution in [-0.2, 0) is 11.2 Å². The van der Waals surface area contributed by atoms with Crippen LogP contribution in [0.25, 0.3) is 0 Å². The van der Waals surface area contributed by atoms with E-state index in [1.807, 2.05) is 12.1 Å². The van der Waals surface area contributed by atoms with E-state index in [0.717, 1.165) is 30.7 Å². The predicted molar refractivity (Wildman–Crippen MR) is 79.3 cm³/mol. The highest BCUT2D eigenvalue weighted by Crippen LogP contribution is 2.07. The lowest BCUT2D eigenvalue weighted by molar-refractivity contribution is 0.126. The van der Waals surface area contributed by atoms with Crippen LogP contribution < -0.4 is 0 Å². The molecule has 0 N–H and O–H groups in total. The average molecular weight is 317 g/mol. The van der Waals surface area contributed by atoms with E-state index in [-0.39, 0.29) is 0 Å². The fraction of sp³-hybridized carbons (Fsp3) is 0.733. The van der Waals surface area contributed by atoms with E-state index in [1.165, 1.54) is 44.9 Å². The van der Waals surface area contributed by atoms with E-state index >= 15 is 0 Å². The molecule has 2 nitrogen and oxygen atoms in total. The number of halogens is 1. The summed E-state index contributed by atoms with van der Waals surface area (Å²) in [6, 6.07) is 4.00. The van der Waals surface area contributed by atoms with Gasteiger partial charge in [-0.15, -0.1) is 0 Å². The van der Waals surface area contributed by atoms with Crippen molar-refractivity contribution in [3.05, 3.63) is 24.2 Å². The molecule has 1 heterocycles. The molecular formula is C15H25BrO2. The third-order valence-corrected chi connectivity index (χ3v) is 3.52. The maximum atomic E-state index is 5.62. The lowest BCUT2D eigenvalue weighted by Crippen LogP contribution is -1.97. The van der Waals surface area contributed by atoms with Gasteiger partial charge in [-0.25, -0.2) is 0 Å². The molecule has 0 fully saturated rings. The summed E-state index contributed by atoms with van der Waals surface area (Å²) in [6.45, 7) is 1.84. The molecule has 0 saturated heterocycles. The number of furan rings is 1. The zero-order valence-corrected chi connectivity index (χ0v) is 12.8. The zero-order chi connectivity index (χ0) is 12.9. The molecule has 0 aliphatic carbocycles. The summed E-state index contributed by atoms with van der Waals surface area (Å²) in [5.41, 5.74) is 0. The fourth-order valence-corrected chi connectivity index (χ4v) is 2.29. The quantitative estimate of drug-likeness (QED) is 0.401. The summed E-state index contributed by atoms with van der Waals surface area (Å²) in [5, 5.41) is 1.13. The number of hydrogen-bond donors (Lipinski definition) is 0. The first-order chi connectivity index (χ1) is 8.93. The van der Waals surface area contributed by atoms with E-state index in [2.05, 4.69) is 15.9 Å². The van der Waals surface area contributed by atoms with Crippen LogP contribution in [0.2, 0.25) is 0 Å². The largest absolute Gasteiger partial charge is 0.469 e. The van der Waals surface area contributed by atoms with Gasteiger partial charge in [-0.1, -0.05) is 35.2 Å². The molecule has 0 unspecified atom stereocenters. The molecule has 0 aromatic carbocycles. The van der Waals surface area contributed by atoms with E-state index in [0.29, 0.717) is 0 Å². The molecule has 0 amide bonds. The molecule has 0 aliphatic heterocycles. The lowest BCUT2D eigenvalue weighted by atomic mass is 10.2. The van der Waals surface area contributed by atoms with E-state index in [9.17, 15) is 0 Å². The van der Waals surface area contributed by atoms with Crippen LogP contribution >= 0.6 is 15.9 Å². The molecule has 18 heavy (non-hydrogen) atoms. The van der Waals surface area contributed by atoms with Crippen LogP contribution in [0.1, 0.15) is 50.7 Å². The van der Waals surface area contributed by atoms with Gasteiger partial charge in [0.15, 0.2) is 0 Å². The summed E-state index contributed by atoms with van der Waals surface area (Å²) in [5.74, 6) is 1.10. The third kappa shape index (κ3) is 8.76. The van der Waals surface area contributed by atoms with Gasteiger partial charge < -0.3 is 9.15 Å². The van der Waals surface area contributed by atoms with Gasteiger partial charge >= 0.3 is 0 Å². The van der Waals surface area contributed by atoms with E-state index in [1.54, 1.807) is 6.26 Å². The van der Waals surface area contributed by atoms with Crippen molar-refractivity contribution in [2.24, 2.45) is 0 Å². The second-order valence-electron chi connectivity index (χ2n) is 4.61. The second-order valence-corrected chi connectivity index (χ2v) is 5.40. The van der Waals surface area contributed by atoms with Crippen LogP contribution in [0.3, 0.4) is 0 Å². The normalized spacial score (nSPS) is 10.9. The van der Waals surface area contributed by atoms with Gasteiger partial charge in [0.1, 0.15) is 5.76 Å². The first-order valence-corrected chi connectivity index (χ1v) is 8.21. The van der Waals surface area contributed by atoms with Gasteiger partial charge in [0.25, 0.3) is 0 Å². The Morgan fingerprint density at radius 1 is 0.944 bits per heavy atom. The zero-order valence-electron chi connectivity index (χ0n) is 11.2. The number of unbranched alkanes of at least 4 members (excludes halogenated alkanes) is 5. The van der Waals surface area contributed by atoms with Gasteiger partial charge in [0, 0.05) is 25.0 Å². The number of aryl methyl sites for hydroxylation is 1. The summed E-state index contributed by atoms with van der Waals surface area (Å²) in [4.78, 5) is 0. The Labute approximate surface area is 119 Å². The number of rotatable bonds is 12. The van der Waals surface area contributed by atoms with Crippen LogP contribution in [0, 0.1) is 0 Å². The molecule has 0 saturated carbocycles. The summed E-state index contributed by atoms with van der Waals surface area (Å²) in [6.07, 6.45) is 11.5. The molecule has 0 radical (unpaired) electrons. The van der Waals surface area contributed by atoms with Crippen molar-refractivity contribution in [2.45, 2.75) is 51.4 Å². The summed E-state index contributed by atoms with van der Waals surface area (Å²) < 4.78 is 10.9. The molecule has 0 atom stereocenters. The van der Waals surface area contributed by atoms with Gasteiger partial charge in [-0.3, -0.25) is 0 Å². The minimum Gasteiger partial charge on any atom is -0.469 e. The van der Waals surface area contributed by atoms with Crippen LogP contribution in [0.5, 0.6) is 0 Å². The topological polar surface area (TPSA) is 22.4 Å². The Bertz CT molecular complexity index is 259. The van der Waals surface area contributed by atoms with Crippen molar-refractivity contribution in [3.8, 4) is 0 Å². The molecule has 1 aromatic heterocycles. The van der Waals surface area contributed by atoms with Crippen LogP contribution in [0.15, 0.2) is 22.8 Å². The van der Waals surface area contributed by atoms with Crippen molar-refractivity contribution in [1.29, 1.82) is 0 Å². The summed E-state index contributed by atoms with van der Waals surface area (Å²) in [7, 11) is 0. The first-order valence-electron chi connectivity index (χ1n) is 7.09. The predicted octanol–water partition coefficient (Wildman–Crippen LogP) is 4.96. The van der Waals surface area contributed by atoms with Gasteiger partial charge in [0.2, 0.25) is 0 Å². The SMILES string of the molecule is BrCCCCCCOCCCCCc1ccco1. The molecule has 0 aliphatic rings.